The minimum absolute atomic E-state index is 0.0153. The van der Waals surface area contributed by atoms with Crippen LogP contribution in [0.5, 0.6) is 0 Å². The van der Waals surface area contributed by atoms with Crippen LogP contribution in [0.2, 0.25) is 0 Å². The van der Waals surface area contributed by atoms with Crippen molar-refractivity contribution in [2.75, 3.05) is 49.2 Å². The first-order chi connectivity index (χ1) is 22.9. The minimum atomic E-state index is -0.639. The first-order valence-corrected chi connectivity index (χ1v) is 16.4. The van der Waals surface area contributed by atoms with Gasteiger partial charge in [0.2, 0.25) is 11.8 Å². The summed E-state index contributed by atoms with van der Waals surface area (Å²) in [5.74, 6) is -0.804. The summed E-state index contributed by atoms with van der Waals surface area (Å²) < 4.78 is 24.9. The van der Waals surface area contributed by atoms with Gasteiger partial charge in [0, 0.05) is 63.0 Å². The number of hydrogen-bond donors (Lipinski definition) is 4. The lowest BCUT2D eigenvalue weighted by Gasteiger charge is -2.41. The molecule has 3 fully saturated rings. The van der Waals surface area contributed by atoms with Gasteiger partial charge in [-0.05, 0) is 41.8 Å². The summed E-state index contributed by atoms with van der Waals surface area (Å²) in [7, 11) is 0. The van der Waals surface area contributed by atoms with E-state index in [1.54, 1.807) is 24.3 Å². The summed E-state index contributed by atoms with van der Waals surface area (Å²) in [5, 5.41) is 15.3. The van der Waals surface area contributed by atoms with E-state index in [4.69, 9.17) is 24.7 Å². The Morgan fingerprint density at radius 1 is 0.872 bits per heavy atom. The zero-order valence-corrected chi connectivity index (χ0v) is 26.6. The van der Waals surface area contributed by atoms with E-state index in [1.165, 1.54) is 0 Å². The Balaban J connectivity index is 1.07. The van der Waals surface area contributed by atoms with Crippen LogP contribution in [-0.4, -0.2) is 66.6 Å². The lowest BCUT2D eigenvalue weighted by atomic mass is 9.98. The number of piperidine rings is 1. The number of nitrogens with two attached hydrogens (primary N) is 1. The van der Waals surface area contributed by atoms with Crippen molar-refractivity contribution in [1.29, 1.82) is 0 Å². The Bertz CT molecular complexity index is 1500. The van der Waals surface area contributed by atoms with Gasteiger partial charge < -0.3 is 45.3 Å². The SMILES string of the molecule is Nc1ccccc1NC(=O)CCCC(=O)Nc1cccc([C@@H]2O[C@H](CN3CCC4(CC3)OCCO4)C[C@H](c3ccc(CO)cc3)O2)c1. The van der Waals surface area contributed by atoms with Crippen LogP contribution in [0.4, 0.5) is 17.1 Å². The summed E-state index contributed by atoms with van der Waals surface area (Å²) in [6, 6.07) is 22.4. The molecule has 3 aromatic carbocycles. The molecule has 0 aliphatic carbocycles. The highest BCUT2D eigenvalue weighted by molar-refractivity contribution is 5.94. The molecule has 3 saturated heterocycles. The number of anilines is 3. The molecule has 6 rings (SSSR count). The predicted molar refractivity (Wildman–Crippen MR) is 177 cm³/mol. The van der Waals surface area contributed by atoms with Crippen LogP contribution >= 0.6 is 0 Å². The number of aliphatic hydroxyl groups is 1. The third kappa shape index (κ3) is 8.75. The van der Waals surface area contributed by atoms with Crippen molar-refractivity contribution in [3.05, 3.63) is 89.5 Å². The van der Waals surface area contributed by atoms with Gasteiger partial charge in [-0.3, -0.25) is 9.59 Å². The zero-order chi connectivity index (χ0) is 32.6. The second kappa shape index (κ2) is 15.4. The number of likely N-dealkylation sites (tertiary alicyclic amines) is 1. The highest BCUT2D eigenvalue weighted by Crippen LogP contribution is 2.39. The Kier molecular flexibility index (Phi) is 10.8. The van der Waals surface area contributed by atoms with E-state index in [2.05, 4.69) is 15.5 Å². The van der Waals surface area contributed by atoms with Gasteiger partial charge in [-0.25, -0.2) is 0 Å². The van der Waals surface area contributed by atoms with E-state index < -0.39 is 12.1 Å². The molecule has 47 heavy (non-hydrogen) atoms. The molecule has 3 heterocycles. The minimum Gasteiger partial charge on any atom is -0.397 e. The van der Waals surface area contributed by atoms with Crippen molar-refractivity contribution in [3.63, 3.8) is 0 Å². The van der Waals surface area contributed by atoms with Crippen LogP contribution in [-0.2, 0) is 35.1 Å². The number of aliphatic hydroxyl groups excluding tert-OH is 1. The molecule has 3 aromatic rings. The van der Waals surface area contributed by atoms with E-state index in [-0.39, 0.29) is 43.5 Å². The third-order valence-corrected chi connectivity index (χ3v) is 8.99. The second-order valence-electron chi connectivity index (χ2n) is 12.4. The normalized spacial score (nSPS) is 22.6. The molecule has 3 aliphatic rings. The van der Waals surface area contributed by atoms with Crippen LogP contribution in [0.15, 0.2) is 72.8 Å². The number of carbonyl (C=O) groups is 2. The van der Waals surface area contributed by atoms with Gasteiger partial charge in [-0.1, -0.05) is 48.5 Å². The summed E-state index contributed by atoms with van der Waals surface area (Å²) in [5.41, 5.74) is 10.3. The Hall–Kier alpha value is -3.84. The zero-order valence-electron chi connectivity index (χ0n) is 26.6. The summed E-state index contributed by atoms with van der Waals surface area (Å²) >= 11 is 0. The largest absolute Gasteiger partial charge is 0.397 e. The molecule has 0 bridgehead atoms. The Morgan fingerprint density at radius 2 is 1.60 bits per heavy atom. The number of amides is 2. The quantitative estimate of drug-likeness (QED) is 0.214. The molecule has 1 spiro atoms. The number of nitrogen functional groups attached to an aromatic ring is 1. The maximum Gasteiger partial charge on any atom is 0.224 e. The van der Waals surface area contributed by atoms with Crippen molar-refractivity contribution in [3.8, 4) is 0 Å². The molecule has 11 nitrogen and oxygen atoms in total. The highest BCUT2D eigenvalue weighted by atomic mass is 16.7. The van der Waals surface area contributed by atoms with Crippen molar-refractivity contribution >= 4 is 28.9 Å². The van der Waals surface area contributed by atoms with Gasteiger partial charge in [-0.2, -0.15) is 0 Å². The van der Waals surface area contributed by atoms with Crippen LogP contribution < -0.4 is 16.4 Å². The molecular formula is C36H44N4O7. The van der Waals surface area contributed by atoms with Crippen LogP contribution in [0.3, 0.4) is 0 Å². The number of hydrogen-bond acceptors (Lipinski definition) is 9. The van der Waals surface area contributed by atoms with Gasteiger partial charge in [-0.15, -0.1) is 0 Å². The molecule has 0 radical (unpaired) electrons. The third-order valence-electron chi connectivity index (χ3n) is 8.99. The molecule has 3 aliphatic heterocycles. The van der Waals surface area contributed by atoms with Crippen molar-refractivity contribution < 1.29 is 33.6 Å². The maximum absolute atomic E-state index is 12.8. The fraction of sp³-hybridized carbons (Fsp3) is 0.444. The van der Waals surface area contributed by atoms with Crippen molar-refractivity contribution in [1.82, 2.24) is 4.90 Å². The van der Waals surface area contributed by atoms with Crippen LogP contribution in [0, 0.1) is 0 Å². The predicted octanol–water partition coefficient (Wildman–Crippen LogP) is 4.89. The highest BCUT2D eigenvalue weighted by Gasteiger charge is 2.41. The lowest BCUT2D eigenvalue weighted by Crippen LogP contribution is -2.48. The molecule has 0 unspecified atom stereocenters. The molecular weight excluding hydrogens is 600 g/mol. The van der Waals surface area contributed by atoms with E-state index in [9.17, 15) is 14.7 Å². The second-order valence-corrected chi connectivity index (χ2v) is 12.4. The van der Waals surface area contributed by atoms with Crippen molar-refractivity contribution in [2.24, 2.45) is 0 Å². The summed E-state index contributed by atoms with van der Waals surface area (Å²) in [4.78, 5) is 27.5. The van der Waals surface area contributed by atoms with Gasteiger partial charge in [0.15, 0.2) is 12.1 Å². The summed E-state index contributed by atoms with van der Waals surface area (Å²) in [6.45, 7) is 3.78. The van der Waals surface area contributed by atoms with E-state index >= 15 is 0 Å². The Labute approximate surface area is 275 Å². The smallest absolute Gasteiger partial charge is 0.224 e. The first kappa shape index (κ1) is 33.1. The van der Waals surface area contributed by atoms with Crippen LogP contribution in [0.25, 0.3) is 0 Å². The molecule has 5 N–H and O–H groups in total. The monoisotopic (exact) mass is 644 g/mol. The maximum atomic E-state index is 12.8. The number of nitrogens with zero attached hydrogens (tertiary/aromatic N) is 1. The standard InChI is InChI=1S/C36H44N4O7/c37-30-7-1-2-8-31(30)39-34(43)10-4-9-33(42)38-28-6-3-5-27(21-28)35-46-29(22-32(47-35)26-13-11-25(24-41)12-14-26)23-40-17-15-36(16-18-40)44-19-20-45-36/h1-3,5-8,11-14,21,29,32,35,41H,4,9-10,15-20,22-24,37H2,(H,38,42)(H,39,43)/t29-,32+,35+/m0/s1. The lowest BCUT2D eigenvalue weighted by molar-refractivity contribution is -0.255. The molecule has 0 aromatic heterocycles. The van der Waals surface area contributed by atoms with Gasteiger partial charge in [0.05, 0.1) is 43.4 Å². The first-order valence-electron chi connectivity index (χ1n) is 16.4. The Morgan fingerprint density at radius 3 is 2.32 bits per heavy atom. The fourth-order valence-corrected chi connectivity index (χ4v) is 6.40. The number of nitrogens with one attached hydrogen (secondary N) is 2. The molecule has 3 atom stereocenters. The van der Waals surface area contributed by atoms with Crippen LogP contribution in [0.1, 0.15) is 67.6 Å². The molecule has 0 saturated carbocycles. The molecule has 11 heteroatoms. The number of ether oxygens (including phenoxy) is 4. The average molecular weight is 645 g/mol. The summed E-state index contributed by atoms with van der Waals surface area (Å²) in [6.07, 6.45) is 2.20. The van der Waals surface area contributed by atoms with E-state index in [0.29, 0.717) is 43.1 Å². The molecule has 250 valence electrons. The van der Waals surface area contributed by atoms with Gasteiger partial charge >= 0.3 is 0 Å². The van der Waals surface area contributed by atoms with Gasteiger partial charge in [0.25, 0.3) is 0 Å². The van der Waals surface area contributed by atoms with Gasteiger partial charge in [0.1, 0.15) is 0 Å². The number of carbonyl (C=O) groups excluding carboxylic acids is 2. The number of benzene rings is 3. The van der Waals surface area contributed by atoms with Crippen molar-refractivity contribution in [2.45, 2.75) is 69.4 Å². The number of rotatable bonds is 11. The topological polar surface area (TPSA) is 145 Å². The molecule has 2 amide bonds. The van der Waals surface area contributed by atoms with E-state index in [0.717, 1.165) is 49.2 Å². The average Bonchev–Trinajstić information content (AvgIpc) is 3.55. The number of para-hydroxylation sites is 2. The van der Waals surface area contributed by atoms with E-state index in [1.807, 2.05) is 48.5 Å². The fourth-order valence-electron chi connectivity index (χ4n) is 6.40.